The molecule has 1 unspecified atom stereocenters. The van der Waals surface area contributed by atoms with Crippen LogP contribution < -0.4 is 11.1 Å². The zero-order chi connectivity index (χ0) is 12.5. The third-order valence-electron chi connectivity index (χ3n) is 3.32. The Morgan fingerprint density at radius 1 is 1.58 bits per heavy atom. The van der Waals surface area contributed by atoms with Crippen molar-refractivity contribution in [3.8, 4) is 0 Å². The summed E-state index contributed by atoms with van der Waals surface area (Å²) in [5, 5.41) is 3.35. The van der Waals surface area contributed by atoms with Gasteiger partial charge in [-0.1, -0.05) is 11.6 Å². The maximum Gasteiger partial charge on any atom is 0.253 e. The van der Waals surface area contributed by atoms with Crippen molar-refractivity contribution in [2.75, 3.05) is 6.54 Å². The minimum absolute atomic E-state index is 0. The smallest absolute Gasteiger partial charge is 0.253 e. The third-order valence-corrected chi connectivity index (χ3v) is 3.62. The molecule has 1 aromatic heterocycles. The fourth-order valence-corrected chi connectivity index (χ4v) is 2.13. The number of nitrogens with zero attached hydrogens (tertiary/aromatic N) is 1. The SMILES string of the molecule is CC(CN)(NC(=O)c1ccncc1Cl)C1CC1.Cl.Cl. The van der Waals surface area contributed by atoms with Crippen LogP contribution in [0.1, 0.15) is 30.1 Å². The van der Waals surface area contributed by atoms with E-state index in [2.05, 4.69) is 10.3 Å². The highest BCUT2D eigenvalue weighted by molar-refractivity contribution is 6.33. The number of rotatable bonds is 4. The molecule has 0 saturated heterocycles. The number of amides is 1. The lowest BCUT2D eigenvalue weighted by molar-refractivity contribution is 0.0898. The summed E-state index contributed by atoms with van der Waals surface area (Å²) in [6, 6.07) is 1.61. The number of carbonyl (C=O) groups is 1. The number of pyridine rings is 1. The van der Waals surface area contributed by atoms with Crippen molar-refractivity contribution in [2.24, 2.45) is 11.7 Å². The Morgan fingerprint density at radius 2 is 2.21 bits per heavy atom. The number of carbonyl (C=O) groups excluding carboxylic acids is 1. The van der Waals surface area contributed by atoms with Crippen molar-refractivity contribution in [3.63, 3.8) is 0 Å². The Labute approximate surface area is 130 Å². The van der Waals surface area contributed by atoms with E-state index in [0.717, 1.165) is 12.8 Å². The molecule has 2 rings (SSSR count). The van der Waals surface area contributed by atoms with E-state index in [4.69, 9.17) is 17.3 Å². The maximum absolute atomic E-state index is 12.1. The summed E-state index contributed by atoms with van der Waals surface area (Å²) in [4.78, 5) is 15.9. The van der Waals surface area contributed by atoms with E-state index < -0.39 is 0 Å². The molecule has 1 aliphatic rings. The molecule has 1 heterocycles. The molecule has 0 aliphatic heterocycles. The van der Waals surface area contributed by atoms with Gasteiger partial charge in [-0.3, -0.25) is 9.78 Å². The van der Waals surface area contributed by atoms with Crippen LogP contribution in [0.3, 0.4) is 0 Å². The van der Waals surface area contributed by atoms with Gasteiger partial charge in [0.25, 0.3) is 5.91 Å². The lowest BCUT2D eigenvalue weighted by atomic mass is 9.95. The quantitative estimate of drug-likeness (QED) is 0.893. The summed E-state index contributed by atoms with van der Waals surface area (Å²) >= 11 is 5.93. The number of nitrogens with two attached hydrogens (primary N) is 1. The van der Waals surface area contributed by atoms with Crippen molar-refractivity contribution in [3.05, 3.63) is 29.0 Å². The Morgan fingerprint density at radius 3 is 2.68 bits per heavy atom. The summed E-state index contributed by atoms with van der Waals surface area (Å²) in [6.07, 6.45) is 5.27. The van der Waals surface area contributed by atoms with Crippen LogP contribution in [0, 0.1) is 5.92 Å². The molecule has 0 spiro atoms. The van der Waals surface area contributed by atoms with Gasteiger partial charge in [0.15, 0.2) is 0 Å². The number of hydrogen-bond donors (Lipinski definition) is 2. The fourth-order valence-electron chi connectivity index (χ4n) is 1.93. The molecule has 1 aromatic rings. The zero-order valence-electron chi connectivity index (χ0n) is 10.6. The second-order valence-electron chi connectivity index (χ2n) is 4.71. The van der Waals surface area contributed by atoms with E-state index in [1.165, 1.54) is 6.20 Å². The van der Waals surface area contributed by atoms with Crippen molar-refractivity contribution >= 4 is 42.3 Å². The van der Waals surface area contributed by atoms with E-state index in [0.29, 0.717) is 23.0 Å². The van der Waals surface area contributed by atoms with Crippen LogP contribution >= 0.6 is 36.4 Å². The zero-order valence-corrected chi connectivity index (χ0v) is 12.9. The highest BCUT2D eigenvalue weighted by Crippen LogP contribution is 2.39. The molecular formula is C12H18Cl3N3O. The summed E-state index contributed by atoms with van der Waals surface area (Å²) in [5.74, 6) is 0.300. The second kappa shape index (κ2) is 7.29. The van der Waals surface area contributed by atoms with Crippen molar-refractivity contribution in [1.82, 2.24) is 10.3 Å². The number of aromatic nitrogens is 1. The average molecular weight is 327 g/mol. The van der Waals surface area contributed by atoms with Gasteiger partial charge in [0.1, 0.15) is 0 Å². The van der Waals surface area contributed by atoms with Crippen LogP contribution in [0.25, 0.3) is 0 Å². The molecule has 108 valence electrons. The normalized spacial score (nSPS) is 16.6. The fraction of sp³-hybridized carbons (Fsp3) is 0.500. The summed E-state index contributed by atoms with van der Waals surface area (Å²) in [7, 11) is 0. The van der Waals surface area contributed by atoms with Gasteiger partial charge in [0.2, 0.25) is 0 Å². The van der Waals surface area contributed by atoms with Gasteiger partial charge in [0.05, 0.1) is 16.1 Å². The second-order valence-corrected chi connectivity index (χ2v) is 5.11. The Bertz CT molecular complexity index is 440. The lowest BCUT2D eigenvalue weighted by Gasteiger charge is -2.29. The molecule has 4 nitrogen and oxygen atoms in total. The lowest BCUT2D eigenvalue weighted by Crippen LogP contribution is -2.53. The molecular weight excluding hydrogens is 309 g/mol. The number of halogens is 3. The first-order chi connectivity index (χ1) is 8.07. The first kappa shape index (κ1) is 18.4. The van der Waals surface area contributed by atoms with Gasteiger partial charge in [-0.25, -0.2) is 0 Å². The van der Waals surface area contributed by atoms with E-state index in [1.807, 2.05) is 6.92 Å². The Hall–Kier alpha value is -0.550. The summed E-state index contributed by atoms with van der Waals surface area (Å²) < 4.78 is 0. The van der Waals surface area contributed by atoms with Gasteiger partial charge < -0.3 is 11.1 Å². The standard InChI is InChI=1S/C12H16ClN3O.2ClH/c1-12(7-14,8-2-3-8)16-11(17)9-4-5-15-6-10(9)13;;/h4-6,8H,2-3,7,14H2,1H3,(H,16,17);2*1H. The number of hydrogen-bond acceptors (Lipinski definition) is 3. The minimum atomic E-state index is -0.330. The Kier molecular flexibility index (Phi) is 7.08. The van der Waals surface area contributed by atoms with Crippen LogP contribution in [0.5, 0.6) is 0 Å². The van der Waals surface area contributed by atoms with Crippen LogP contribution in [0.15, 0.2) is 18.5 Å². The van der Waals surface area contributed by atoms with Crippen molar-refractivity contribution in [2.45, 2.75) is 25.3 Å². The van der Waals surface area contributed by atoms with Crippen molar-refractivity contribution < 1.29 is 4.79 Å². The van der Waals surface area contributed by atoms with Gasteiger partial charge in [0, 0.05) is 18.9 Å². The first-order valence-corrected chi connectivity index (χ1v) is 6.07. The van der Waals surface area contributed by atoms with Crippen LogP contribution in [0.4, 0.5) is 0 Å². The predicted molar refractivity (Wildman–Crippen MR) is 81.4 cm³/mol. The van der Waals surface area contributed by atoms with Crippen molar-refractivity contribution in [1.29, 1.82) is 0 Å². The highest BCUT2D eigenvalue weighted by Gasteiger charge is 2.41. The molecule has 0 bridgehead atoms. The van der Waals surface area contributed by atoms with E-state index >= 15 is 0 Å². The molecule has 7 heteroatoms. The number of nitrogens with one attached hydrogen (secondary N) is 1. The molecule has 1 fully saturated rings. The van der Waals surface area contributed by atoms with Gasteiger partial charge >= 0.3 is 0 Å². The Balaban J connectivity index is 0.00000162. The predicted octanol–water partition coefficient (Wildman–Crippen LogP) is 2.44. The molecule has 1 atom stereocenters. The molecule has 3 N–H and O–H groups in total. The summed E-state index contributed by atoms with van der Waals surface area (Å²) in [5.41, 5.74) is 5.87. The molecule has 1 amide bonds. The van der Waals surface area contributed by atoms with E-state index in [9.17, 15) is 4.79 Å². The molecule has 1 aliphatic carbocycles. The van der Waals surface area contributed by atoms with Crippen LogP contribution in [0.2, 0.25) is 5.02 Å². The molecule has 0 aromatic carbocycles. The molecule has 1 saturated carbocycles. The molecule has 0 radical (unpaired) electrons. The summed E-state index contributed by atoms with van der Waals surface area (Å²) in [6.45, 7) is 2.42. The average Bonchev–Trinajstić information content (AvgIpc) is 3.13. The maximum atomic E-state index is 12.1. The highest BCUT2D eigenvalue weighted by atomic mass is 35.5. The minimum Gasteiger partial charge on any atom is -0.345 e. The van der Waals surface area contributed by atoms with Crippen LogP contribution in [-0.4, -0.2) is 23.0 Å². The van der Waals surface area contributed by atoms with Gasteiger partial charge in [-0.05, 0) is 31.7 Å². The third kappa shape index (κ3) is 4.21. The van der Waals surface area contributed by atoms with Gasteiger partial charge in [-0.2, -0.15) is 0 Å². The van der Waals surface area contributed by atoms with Gasteiger partial charge in [-0.15, -0.1) is 24.8 Å². The van der Waals surface area contributed by atoms with E-state index in [1.54, 1.807) is 12.3 Å². The molecule has 19 heavy (non-hydrogen) atoms. The van der Waals surface area contributed by atoms with Crippen LogP contribution in [-0.2, 0) is 0 Å². The topological polar surface area (TPSA) is 68.0 Å². The first-order valence-electron chi connectivity index (χ1n) is 5.69. The largest absolute Gasteiger partial charge is 0.345 e. The van der Waals surface area contributed by atoms with E-state index in [-0.39, 0.29) is 36.3 Å². The monoisotopic (exact) mass is 325 g/mol.